The number of urea groups is 1. The van der Waals surface area contributed by atoms with Gasteiger partial charge in [-0.2, -0.15) is 0 Å². The van der Waals surface area contributed by atoms with E-state index in [0.29, 0.717) is 17.9 Å². The van der Waals surface area contributed by atoms with E-state index >= 15 is 0 Å². The fourth-order valence-corrected chi connectivity index (χ4v) is 3.64. The Morgan fingerprint density at radius 3 is 2.12 bits per heavy atom. The second-order valence-corrected chi connectivity index (χ2v) is 6.63. The maximum absolute atomic E-state index is 12.4. The highest BCUT2D eigenvalue weighted by Gasteiger charge is 2.50. The molecule has 1 aromatic carbocycles. The second kappa shape index (κ2) is 5.65. The summed E-state index contributed by atoms with van der Waals surface area (Å²) in [5.74, 6) is -2.99. The highest BCUT2D eigenvalue weighted by molar-refractivity contribution is 6.20. The predicted molar refractivity (Wildman–Crippen MR) is 84.4 cm³/mol. The molecule has 0 bridgehead atoms. The van der Waals surface area contributed by atoms with E-state index in [9.17, 15) is 24.0 Å². The first-order valence-corrected chi connectivity index (χ1v) is 8.24. The van der Waals surface area contributed by atoms with E-state index in [4.69, 9.17) is 4.84 Å². The Hall–Kier alpha value is -3.23. The predicted octanol–water partition coefficient (Wildman–Crippen LogP) is 0.509. The first kappa shape index (κ1) is 16.2. The lowest BCUT2D eigenvalue weighted by atomic mass is 9.76. The molecular formula is C17H15N3O6. The SMILES string of the molecule is O=C1NC(=O)C2(CCC(C(=O)ON3C(=O)c4ccccc4C3=O)CC2)N1. The molecule has 2 N–H and O–H groups in total. The topological polar surface area (TPSA) is 122 Å². The first-order valence-electron chi connectivity index (χ1n) is 8.24. The summed E-state index contributed by atoms with van der Waals surface area (Å²) < 4.78 is 0. The number of hydroxylamine groups is 2. The number of hydrogen-bond acceptors (Lipinski definition) is 6. The monoisotopic (exact) mass is 357 g/mol. The summed E-state index contributed by atoms with van der Waals surface area (Å²) in [7, 11) is 0. The molecule has 2 aliphatic heterocycles. The van der Waals surface area contributed by atoms with Crippen LogP contribution < -0.4 is 10.6 Å². The van der Waals surface area contributed by atoms with Gasteiger partial charge in [-0.05, 0) is 37.8 Å². The zero-order chi connectivity index (χ0) is 18.5. The lowest BCUT2D eigenvalue weighted by molar-refractivity contribution is -0.175. The number of benzene rings is 1. The van der Waals surface area contributed by atoms with Crippen LogP contribution in [0.15, 0.2) is 24.3 Å². The van der Waals surface area contributed by atoms with Gasteiger partial charge in [-0.1, -0.05) is 17.2 Å². The molecular weight excluding hydrogens is 342 g/mol. The minimum Gasteiger partial charge on any atom is -0.329 e. The maximum Gasteiger partial charge on any atom is 0.336 e. The summed E-state index contributed by atoms with van der Waals surface area (Å²) in [5, 5.41) is 5.29. The molecule has 2 heterocycles. The van der Waals surface area contributed by atoms with Crippen LogP contribution in [0.5, 0.6) is 0 Å². The van der Waals surface area contributed by atoms with Crippen molar-refractivity contribution in [3.63, 3.8) is 0 Å². The van der Waals surface area contributed by atoms with Gasteiger partial charge in [0.25, 0.3) is 17.7 Å². The van der Waals surface area contributed by atoms with E-state index < -0.39 is 41.2 Å². The highest BCUT2D eigenvalue weighted by atomic mass is 16.7. The Kier molecular flexibility index (Phi) is 3.53. The van der Waals surface area contributed by atoms with Crippen LogP contribution in [-0.4, -0.2) is 40.3 Å². The third-order valence-electron chi connectivity index (χ3n) is 5.13. The molecule has 1 aliphatic carbocycles. The number of nitrogens with one attached hydrogen (secondary N) is 2. The van der Waals surface area contributed by atoms with Gasteiger partial charge in [0.1, 0.15) is 5.54 Å². The summed E-state index contributed by atoms with van der Waals surface area (Å²) in [6, 6.07) is 5.69. The molecule has 1 saturated carbocycles. The number of nitrogens with zero attached hydrogens (tertiary/aromatic N) is 1. The van der Waals surface area contributed by atoms with Crippen LogP contribution in [0.2, 0.25) is 0 Å². The fraction of sp³-hybridized carbons (Fsp3) is 0.353. The molecule has 9 nitrogen and oxygen atoms in total. The molecule has 0 unspecified atom stereocenters. The van der Waals surface area contributed by atoms with E-state index in [0.717, 1.165) is 0 Å². The lowest BCUT2D eigenvalue weighted by Crippen LogP contribution is -2.50. The molecule has 1 aromatic rings. The molecule has 2 fully saturated rings. The van der Waals surface area contributed by atoms with Crippen molar-refractivity contribution in [2.24, 2.45) is 5.92 Å². The number of carbonyl (C=O) groups excluding carboxylic acids is 5. The largest absolute Gasteiger partial charge is 0.336 e. The molecule has 0 atom stereocenters. The number of imide groups is 2. The highest BCUT2D eigenvalue weighted by Crippen LogP contribution is 2.35. The van der Waals surface area contributed by atoms with E-state index in [1.807, 2.05) is 0 Å². The van der Waals surface area contributed by atoms with Crippen molar-refractivity contribution >= 4 is 29.7 Å². The third-order valence-corrected chi connectivity index (χ3v) is 5.13. The number of carbonyl (C=O) groups is 5. The molecule has 9 heteroatoms. The van der Waals surface area contributed by atoms with Crippen molar-refractivity contribution in [3.05, 3.63) is 35.4 Å². The standard InChI is InChI=1S/C17H15N3O6/c21-12-10-3-1-2-4-11(10)13(22)20(12)26-14(23)9-5-7-17(8-6-9)15(24)18-16(25)19-17/h1-4,9H,5-8H2,(H2,18,19,24,25). The smallest absolute Gasteiger partial charge is 0.329 e. The quantitative estimate of drug-likeness (QED) is 0.587. The van der Waals surface area contributed by atoms with Crippen molar-refractivity contribution in [1.29, 1.82) is 0 Å². The van der Waals surface area contributed by atoms with Gasteiger partial charge in [-0.3, -0.25) is 19.7 Å². The molecule has 1 saturated heterocycles. The van der Waals surface area contributed by atoms with E-state index in [1.165, 1.54) is 12.1 Å². The van der Waals surface area contributed by atoms with Crippen LogP contribution in [0.4, 0.5) is 4.79 Å². The van der Waals surface area contributed by atoms with Gasteiger partial charge in [-0.15, -0.1) is 0 Å². The summed E-state index contributed by atoms with van der Waals surface area (Å²) in [6.45, 7) is 0. The van der Waals surface area contributed by atoms with Crippen molar-refractivity contribution in [1.82, 2.24) is 15.7 Å². The Balaban J connectivity index is 1.41. The molecule has 26 heavy (non-hydrogen) atoms. The van der Waals surface area contributed by atoms with Gasteiger partial charge in [0.15, 0.2) is 0 Å². The first-order chi connectivity index (χ1) is 12.4. The van der Waals surface area contributed by atoms with Gasteiger partial charge in [0.05, 0.1) is 17.0 Å². The van der Waals surface area contributed by atoms with Gasteiger partial charge in [0, 0.05) is 0 Å². The van der Waals surface area contributed by atoms with Crippen molar-refractivity contribution in [2.45, 2.75) is 31.2 Å². The molecule has 1 spiro atoms. The second-order valence-electron chi connectivity index (χ2n) is 6.63. The van der Waals surface area contributed by atoms with Gasteiger partial charge in [-0.25, -0.2) is 9.59 Å². The van der Waals surface area contributed by atoms with Crippen LogP contribution in [0.25, 0.3) is 0 Å². The maximum atomic E-state index is 12.4. The van der Waals surface area contributed by atoms with Crippen LogP contribution >= 0.6 is 0 Å². The van der Waals surface area contributed by atoms with E-state index in [1.54, 1.807) is 12.1 Å². The zero-order valence-electron chi connectivity index (χ0n) is 13.6. The van der Waals surface area contributed by atoms with Crippen LogP contribution in [0.1, 0.15) is 46.4 Å². The Labute approximate surface area is 147 Å². The molecule has 0 aromatic heterocycles. The van der Waals surface area contributed by atoms with Crippen molar-refractivity contribution < 1.29 is 28.8 Å². The third kappa shape index (κ3) is 2.35. The molecule has 3 aliphatic rings. The van der Waals surface area contributed by atoms with E-state index in [-0.39, 0.29) is 24.0 Å². The Morgan fingerprint density at radius 2 is 1.62 bits per heavy atom. The van der Waals surface area contributed by atoms with Crippen molar-refractivity contribution in [2.75, 3.05) is 0 Å². The van der Waals surface area contributed by atoms with Gasteiger partial charge >= 0.3 is 12.0 Å². The lowest BCUT2D eigenvalue weighted by Gasteiger charge is -2.33. The zero-order valence-corrected chi connectivity index (χ0v) is 13.6. The summed E-state index contributed by atoms with van der Waals surface area (Å²) >= 11 is 0. The van der Waals surface area contributed by atoms with Gasteiger partial charge < -0.3 is 10.2 Å². The molecule has 0 radical (unpaired) electrons. The minimum absolute atomic E-state index is 0.193. The summed E-state index contributed by atoms with van der Waals surface area (Å²) in [4.78, 5) is 65.2. The number of hydrogen-bond donors (Lipinski definition) is 2. The van der Waals surface area contributed by atoms with Crippen LogP contribution in [0, 0.1) is 5.92 Å². The molecule has 4 rings (SSSR count). The van der Waals surface area contributed by atoms with Crippen LogP contribution in [0.3, 0.4) is 0 Å². The molecule has 5 amide bonds. The van der Waals surface area contributed by atoms with Crippen LogP contribution in [-0.2, 0) is 14.4 Å². The minimum atomic E-state index is -0.983. The van der Waals surface area contributed by atoms with Crippen molar-refractivity contribution in [3.8, 4) is 0 Å². The number of fused-ring (bicyclic) bond motifs is 1. The average Bonchev–Trinajstić information content (AvgIpc) is 3.04. The normalized spacial score (nSPS) is 27.4. The Morgan fingerprint density at radius 1 is 1.04 bits per heavy atom. The number of amides is 5. The summed E-state index contributed by atoms with van der Waals surface area (Å²) in [5.41, 5.74) is -0.597. The van der Waals surface area contributed by atoms with Gasteiger partial charge in [0.2, 0.25) is 0 Å². The van der Waals surface area contributed by atoms with E-state index in [2.05, 4.69) is 10.6 Å². The summed E-state index contributed by atoms with van der Waals surface area (Å²) in [6.07, 6.45) is 1.17. The fourth-order valence-electron chi connectivity index (χ4n) is 3.64. The molecule has 134 valence electrons. The average molecular weight is 357 g/mol. The number of rotatable bonds is 2. The Bertz CT molecular complexity index is 821.